The van der Waals surface area contributed by atoms with E-state index in [2.05, 4.69) is 0 Å². The van der Waals surface area contributed by atoms with Gasteiger partial charge in [0.1, 0.15) is 5.56 Å². The van der Waals surface area contributed by atoms with Gasteiger partial charge in [-0.05, 0) is 6.42 Å². The molecule has 1 aromatic rings. The lowest BCUT2D eigenvalue weighted by atomic mass is 10.3. The quantitative estimate of drug-likeness (QED) is 0.605. The molecular weight excluding hydrogens is 256 g/mol. The number of aryl methyl sites for hydroxylation is 1. The molecule has 0 spiro atoms. The Morgan fingerprint density at radius 2 is 2.11 bits per heavy atom. The first-order chi connectivity index (χ1) is 9.06. The second kappa shape index (κ2) is 7.49. The summed E-state index contributed by atoms with van der Waals surface area (Å²) in [6.07, 6.45) is 1.56. The standard InChI is InChI=1S/C11H16N2O6/c1-18-5-6-19-4-2-3-13-7-8(10(15)16)9(14)12-11(13)17/h7H,2-6H2,1H3,(H,15,16)(H,12,14,17). The van der Waals surface area contributed by atoms with Gasteiger partial charge in [-0.3, -0.25) is 14.3 Å². The maximum absolute atomic E-state index is 11.4. The lowest BCUT2D eigenvalue weighted by Crippen LogP contribution is -2.33. The van der Waals surface area contributed by atoms with Gasteiger partial charge >= 0.3 is 11.7 Å². The minimum Gasteiger partial charge on any atom is -0.477 e. The van der Waals surface area contributed by atoms with Gasteiger partial charge in [-0.15, -0.1) is 0 Å². The molecule has 0 aliphatic rings. The number of aromatic nitrogens is 2. The van der Waals surface area contributed by atoms with Crippen molar-refractivity contribution in [2.45, 2.75) is 13.0 Å². The van der Waals surface area contributed by atoms with Gasteiger partial charge < -0.3 is 14.6 Å². The number of rotatable bonds is 8. The number of nitrogens with zero attached hydrogens (tertiary/aromatic N) is 1. The molecule has 1 rings (SSSR count). The summed E-state index contributed by atoms with van der Waals surface area (Å²) >= 11 is 0. The van der Waals surface area contributed by atoms with Crippen LogP contribution in [0.5, 0.6) is 0 Å². The Labute approximate surface area is 108 Å². The third-order valence-corrected chi connectivity index (χ3v) is 2.36. The van der Waals surface area contributed by atoms with Gasteiger partial charge in [0.2, 0.25) is 0 Å². The van der Waals surface area contributed by atoms with E-state index in [0.29, 0.717) is 26.2 Å². The Bertz CT molecular complexity index is 533. The van der Waals surface area contributed by atoms with Crippen LogP contribution in [0.15, 0.2) is 15.8 Å². The van der Waals surface area contributed by atoms with E-state index in [1.54, 1.807) is 7.11 Å². The van der Waals surface area contributed by atoms with Crippen LogP contribution in [0.1, 0.15) is 16.8 Å². The van der Waals surface area contributed by atoms with Gasteiger partial charge in [-0.2, -0.15) is 0 Å². The van der Waals surface area contributed by atoms with Gasteiger partial charge in [0.15, 0.2) is 0 Å². The predicted molar refractivity (Wildman–Crippen MR) is 65.6 cm³/mol. The van der Waals surface area contributed by atoms with Crippen molar-refractivity contribution in [3.8, 4) is 0 Å². The minimum absolute atomic E-state index is 0.267. The normalized spacial score (nSPS) is 10.6. The summed E-state index contributed by atoms with van der Waals surface area (Å²) in [6.45, 7) is 1.62. The number of methoxy groups -OCH3 is 1. The number of hydrogen-bond acceptors (Lipinski definition) is 5. The van der Waals surface area contributed by atoms with Crippen LogP contribution in [0.3, 0.4) is 0 Å². The second-order valence-electron chi connectivity index (χ2n) is 3.76. The third kappa shape index (κ3) is 4.68. The summed E-state index contributed by atoms with van der Waals surface area (Å²) in [4.78, 5) is 35.3. The third-order valence-electron chi connectivity index (χ3n) is 2.36. The van der Waals surface area contributed by atoms with Gasteiger partial charge in [0, 0.05) is 26.5 Å². The van der Waals surface area contributed by atoms with Crippen LogP contribution in [-0.2, 0) is 16.0 Å². The first-order valence-electron chi connectivity index (χ1n) is 5.70. The summed E-state index contributed by atoms with van der Waals surface area (Å²) in [5.74, 6) is -1.37. The molecule has 0 unspecified atom stereocenters. The highest BCUT2D eigenvalue weighted by Gasteiger charge is 2.11. The molecule has 1 aromatic heterocycles. The van der Waals surface area contributed by atoms with E-state index in [0.717, 1.165) is 10.8 Å². The maximum Gasteiger partial charge on any atom is 0.342 e. The molecule has 0 saturated heterocycles. The highest BCUT2D eigenvalue weighted by Crippen LogP contribution is 1.92. The number of aromatic amines is 1. The van der Waals surface area contributed by atoms with E-state index in [-0.39, 0.29) is 6.54 Å². The first kappa shape index (κ1) is 15.1. The molecule has 0 fully saturated rings. The Morgan fingerprint density at radius 3 is 2.74 bits per heavy atom. The molecule has 8 heteroatoms. The van der Waals surface area contributed by atoms with Gasteiger partial charge in [0.05, 0.1) is 13.2 Å². The number of hydrogen-bond donors (Lipinski definition) is 2. The average Bonchev–Trinajstić information content (AvgIpc) is 2.35. The van der Waals surface area contributed by atoms with Crippen molar-refractivity contribution in [1.82, 2.24) is 9.55 Å². The predicted octanol–water partition coefficient (Wildman–Crippen LogP) is -0.712. The molecule has 8 nitrogen and oxygen atoms in total. The SMILES string of the molecule is COCCOCCCn1cc(C(=O)O)c(=O)[nH]c1=O. The number of carboxylic acid groups (broad SMARTS) is 1. The maximum atomic E-state index is 11.4. The zero-order valence-electron chi connectivity index (χ0n) is 10.5. The molecule has 0 aliphatic heterocycles. The van der Waals surface area contributed by atoms with Crippen molar-refractivity contribution in [3.05, 3.63) is 32.6 Å². The number of H-pyrrole nitrogens is 1. The fourth-order valence-electron chi connectivity index (χ4n) is 1.41. The number of carboxylic acids is 1. The van der Waals surface area contributed by atoms with Gasteiger partial charge in [-0.1, -0.05) is 0 Å². The van der Waals surface area contributed by atoms with Crippen molar-refractivity contribution < 1.29 is 19.4 Å². The summed E-state index contributed by atoms with van der Waals surface area (Å²) in [5, 5.41) is 8.78. The Kier molecular flexibility index (Phi) is 5.97. The fraction of sp³-hybridized carbons (Fsp3) is 0.545. The second-order valence-corrected chi connectivity index (χ2v) is 3.76. The van der Waals surface area contributed by atoms with Crippen molar-refractivity contribution in [2.24, 2.45) is 0 Å². The van der Waals surface area contributed by atoms with E-state index >= 15 is 0 Å². The molecule has 0 aliphatic carbocycles. The lowest BCUT2D eigenvalue weighted by Gasteiger charge is -2.06. The summed E-state index contributed by atoms with van der Waals surface area (Å²) in [7, 11) is 1.57. The fourth-order valence-corrected chi connectivity index (χ4v) is 1.41. The first-order valence-corrected chi connectivity index (χ1v) is 5.70. The average molecular weight is 272 g/mol. The molecule has 0 atom stereocenters. The smallest absolute Gasteiger partial charge is 0.342 e. The topological polar surface area (TPSA) is 111 Å². The summed E-state index contributed by atoms with van der Waals surface area (Å²) in [5.41, 5.74) is -1.99. The molecule has 0 bridgehead atoms. The van der Waals surface area contributed by atoms with Crippen LogP contribution >= 0.6 is 0 Å². The number of carbonyl (C=O) groups is 1. The summed E-state index contributed by atoms with van der Waals surface area (Å²) in [6, 6.07) is 0. The number of nitrogens with one attached hydrogen (secondary N) is 1. The van der Waals surface area contributed by atoms with Crippen molar-refractivity contribution in [3.63, 3.8) is 0 Å². The van der Waals surface area contributed by atoms with E-state index < -0.39 is 22.8 Å². The van der Waals surface area contributed by atoms with E-state index in [4.69, 9.17) is 14.6 Å². The Hall–Kier alpha value is -1.93. The molecule has 0 aromatic carbocycles. The molecule has 19 heavy (non-hydrogen) atoms. The zero-order chi connectivity index (χ0) is 14.3. The minimum atomic E-state index is -1.37. The zero-order valence-corrected chi connectivity index (χ0v) is 10.5. The summed E-state index contributed by atoms with van der Waals surface area (Å²) < 4.78 is 11.1. The van der Waals surface area contributed by atoms with E-state index in [9.17, 15) is 14.4 Å². The Morgan fingerprint density at radius 1 is 1.37 bits per heavy atom. The molecule has 2 N–H and O–H groups in total. The van der Waals surface area contributed by atoms with E-state index in [1.807, 2.05) is 4.98 Å². The largest absolute Gasteiger partial charge is 0.477 e. The highest BCUT2D eigenvalue weighted by molar-refractivity contribution is 5.86. The number of ether oxygens (including phenoxy) is 2. The van der Waals surface area contributed by atoms with Crippen LogP contribution in [0, 0.1) is 0 Å². The van der Waals surface area contributed by atoms with Gasteiger partial charge in [0.25, 0.3) is 5.56 Å². The van der Waals surface area contributed by atoms with Gasteiger partial charge in [-0.25, -0.2) is 9.59 Å². The molecule has 1 heterocycles. The van der Waals surface area contributed by atoms with Crippen LogP contribution < -0.4 is 11.2 Å². The highest BCUT2D eigenvalue weighted by atomic mass is 16.5. The van der Waals surface area contributed by atoms with Crippen LogP contribution in [-0.4, -0.2) is 47.6 Å². The molecule has 0 saturated carbocycles. The molecule has 106 valence electrons. The van der Waals surface area contributed by atoms with E-state index in [1.165, 1.54) is 0 Å². The van der Waals surface area contributed by atoms with Crippen LogP contribution in [0.25, 0.3) is 0 Å². The molecule has 0 amide bonds. The van der Waals surface area contributed by atoms with Crippen LogP contribution in [0.4, 0.5) is 0 Å². The Balaban J connectivity index is 2.59. The molecule has 0 radical (unpaired) electrons. The lowest BCUT2D eigenvalue weighted by molar-refractivity contribution is 0.0676. The van der Waals surface area contributed by atoms with Crippen LogP contribution in [0.2, 0.25) is 0 Å². The van der Waals surface area contributed by atoms with Crippen molar-refractivity contribution >= 4 is 5.97 Å². The number of aromatic carboxylic acids is 1. The molecular formula is C11H16N2O6. The van der Waals surface area contributed by atoms with Crippen molar-refractivity contribution in [2.75, 3.05) is 26.9 Å². The van der Waals surface area contributed by atoms with Crippen molar-refractivity contribution in [1.29, 1.82) is 0 Å². The monoisotopic (exact) mass is 272 g/mol.